The Bertz CT molecular complexity index is 1090. The summed E-state index contributed by atoms with van der Waals surface area (Å²) in [5.74, 6) is -0.281. The molecule has 1 N–H and O–H groups in total. The number of hydrogen-bond donors (Lipinski definition) is 1. The number of nitrogens with zero attached hydrogens (tertiary/aromatic N) is 1. The molecule has 1 amide bonds. The predicted octanol–water partition coefficient (Wildman–Crippen LogP) is 4.82. The summed E-state index contributed by atoms with van der Waals surface area (Å²) >= 11 is 0. The van der Waals surface area contributed by atoms with Gasteiger partial charge in [-0.15, -0.1) is 0 Å². The Labute approximate surface area is 156 Å². The Morgan fingerprint density at radius 3 is 2.63 bits per heavy atom. The molecule has 0 spiro atoms. The lowest BCUT2D eigenvalue weighted by Crippen LogP contribution is -2.07. The molecule has 5 nitrogen and oxygen atoms in total. The number of fused-ring (bicyclic) bond motifs is 3. The van der Waals surface area contributed by atoms with E-state index in [1.165, 1.54) is 40.5 Å². The van der Waals surface area contributed by atoms with Gasteiger partial charge in [0.1, 0.15) is 0 Å². The normalized spacial score (nSPS) is 11.9. The van der Waals surface area contributed by atoms with E-state index < -0.39 is 4.92 Å². The number of carbonyl (C=O) groups is 1. The maximum Gasteiger partial charge on any atom is 0.270 e. The summed E-state index contributed by atoms with van der Waals surface area (Å²) in [5, 5.41) is 13.7. The van der Waals surface area contributed by atoms with Gasteiger partial charge in [0.15, 0.2) is 0 Å². The zero-order valence-corrected chi connectivity index (χ0v) is 14.4. The van der Waals surface area contributed by atoms with Crippen LogP contribution in [0.25, 0.3) is 17.2 Å². The van der Waals surface area contributed by atoms with Crippen LogP contribution < -0.4 is 5.32 Å². The molecule has 0 bridgehead atoms. The maximum absolute atomic E-state index is 12.2. The van der Waals surface area contributed by atoms with Crippen molar-refractivity contribution in [3.63, 3.8) is 0 Å². The Hall–Kier alpha value is -3.73. The van der Waals surface area contributed by atoms with E-state index in [0.29, 0.717) is 5.56 Å². The van der Waals surface area contributed by atoms with Gasteiger partial charge >= 0.3 is 0 Å². The summed E-state index contributed by atoms with van der Waals surface area (Å²) in [6, 6.07) is 20.4. The lowest BCUT2D eigenvalue weighted by atomic mass is 10.1. The fraction of sp³-hybridized carbons (Fsp3) is 0.0455. The van der Waals surface area contributed by atoms with Crippen LogP contribution in [0.4, 0.5) is 11.4 Å². The molecular weight excluding hydrogens is 340 g/mol. The van der Waals surface area contributed by atoms with Crippen molar-refractivity contribution >= 4 is 23.4 Å². The molecule has 1 aliphatic rings. The summed E-state index contributed by atoms with van der Waals surface area (Å²) in [7, 11) is 0. The molecule has 0 saturated heterocycles. The van der Waals surface area contributed by atoms with E-state index in [1.807, 2.05) is 30.3 Å². The highest BCUT2D eigenvalue weighted by molar-refractivity contribution is 6.02. The number of nitrogens with one attached hydrogen (secondary N) is 1. The van der Waals surface area contributed by atoms with Crippen LogP contribution in [-0.2, 0) is 11.2 Å². The fourth-order valence-electron chi connectivity index (χ4n) is 3.32. The minimum absolute atomic E-state index is 0.00394. The van der Waals surface area contributed by atoms with Crippen molar-refractivity contribution in [2.24, 2.45) is 0 Å². The number of benzene rings is 3. The smallest absolute Gasteiger partial charge is 0.270 e. The molecular formula is C22H16N2O3. The Morgan fingerprint density at radius 2 is 1.78 bits per heavy atom. The van der Waals surface area contributed by atoms with E-state index in [-0.39, 0.29) is 11.6 Å². The van der Waals surface area contributed by atoms with Crippen molar-refractivity contribution in [2.75, 3.05) is 5.32 Å². The van der Waals surface area contributed by atoms with Gasteiger partial charge < -0.3 is 5.32 Å². The summed E-state index contributed by atoms with van der Waals surface area (Å²) in [4.78, 5) is 22.5. The highest BCUT2D eigenvalue weighted by atomic mass is 16.6. The van der Waals surface area contributed by atoms with Crippen molar-refractivity contribution in [1.29, 1.82) is 0 Å². The number of rotatable bonds is 4. The number of anilines is 1. The monoisotopic (exact) mass is 356 g/mol. The molecule has 0 saturated carbocycles. The van der Waals surface area contributed by atoms with Gasteiger partial charge in [-0.3, -0.25) is 14.9 Å². The molecule has 0 radical (unpaired) electrons. The van der Waals surface area contributed by atoms with E-state index in [2.05, 4.69) is 17.4 Å². The average Bonchev–Trinajstić information content (AvgIpc) is 3.04. The van der Waals surface area contributed by atoms with Gasteiger partial charge in [-0.2, -0.15) is 0 Å². The molecule has 4 rings (SSSR count). The van der Waals surface area contributed by atoms with E-state index >= 15 is 0 Å². The van der Waals surface area contributed by atoms with E-state index in [4.69, 9.17) is 0 Å². The van der Waals surface area contributed by atoms with Gasteiger partial charge in [0.25, 0.3) is 5.69 Å². The van der Waals surface area contributed by atoms with E-state index in [1.54, 1.807) is 18.2 Å². The summed E-state index contributed by atoms with van der Waals surface area (Å²) in [6.45, 7) is 0. The lowest BCUT2D eigenvalue weighted by Gasteiger charge is -2.06. The minimum atomic E-state index is -0.458. The number of nitro groups is 1. The Balaban J connectivity index is 1.47. The molecule has 0 aliphatic heterocycles. The van der Waals surface area contributed by atoms with Gasteiger partial charge in [-0.1, -0.05) is 42.5 Å². The third kappa shape index (κ3) is 3.48. The van der Waals surface area contributed by atoms with Crippen molar-refractivity contribution in [1.82, 2.24) is 0 Å². The minimum Gasteiger partial charge on any atom is -0.323 e. The predicted molar refractivity (Wildman–Crippen MR) is 105 cm³/mol. The van der Waals surface area contributed by atoms with Crippen molar-refractivity contribution in [2.45, 2.75) is 6.42 Å². The standard InChI is InChI=1S/C22H16N2O3/c25-22(11-8-15-4-3-6-19(12-15)24(26)27)23-18-9-10-21-17(14-18)13-16-5-1-2-7-20(16)21/h1-12,14H,13H2,(H,23,25)/b11-8-. The van der Waals surface area contributed by atoms with Gasteiger partial charge in [0, 0.05) is 23.9 Å². The van der Waals surface area contributed by atoms with E-state index in [0.717, 1.165) is 12.1 Å². The summed E-state index contributed by atoms with van der Waals surface area (Å²) in [6.07, 6.45) is 3.80. The van der Waals surface area contributed by atoms with Gasteiger partial charge in [0.2, 0.25) is 5.91 Å². The third-order valence-corrected chi connectivity index (χ3v) is 4.57. The second-order valence-electron chi connectivity index (χ2n) is 6.38. The number of non-ortho nitro benzene ring substituents is 1. The van der Waals surface area contributed by atoms with Crippen LogP contribution in [0, 0.1) is 10.1 Å². The van der Waals surface area contributed by atoms with Crippen molar-refractivity contribution < 1.29 is 9.72 Å². The highest BCUT2D eigenvalue weighted by Gasteiger charge is 2.17. The second kappa shape index (κ2) is 6.88. The summed E-state index contributed by atoms with van der Waals surface area (Å²) < 4.78 is 0. The topological polar surface area (TPSA) is 72.2 Å². The van der Waals surface area contributed by atoms with Crippen LogP contribution in [-0.4, -0.2) is 10.8 Å². The van der Waals surface area contributed by atoms with Crippen LogP contribution in [0.3, 0.4) is 0 Å². The van der Waals surface area contributed by atoms with Crippen LogP contribution in [0.5, 0.6) is 0 Å². The molecule has 0 atom stereocenters. The van der Waals surface area contributed by atoms with Crippen LogP contribution in [0.1, 0.15) is 16.7 Å². The van der Waals surface area contributed by atoms with Crippen LogP contribution >= 0.6 is 0 Å². The molecule has 3 aromatic rings. The zero-order valence-electron chi connectivity index (χ0n) is 14.4. The Morgan fingerprint density at radius 1 is 0.963 bits per heavy atom. The van der Waals surface area contributed by atoms with Crippen molar-refractivity contribution in [3.8, 4) is 11.1 Å². The lowest BCUT2D eigenvalue weighted by molar-refractivity contribution is -0.384. The second-order valence-corrected chi connectivity index (χ2v) is 6.38. The molecule has 0 heterocycles. The van der Waals surface area contributed by atoms with Gasteiger partial charge in [-0.05, 0) is 52.4 Å². The van der Waals surface area contributed by atoms with Crippen molar-refractivity contribution in [3.05, 3.63) is 99.6 Å². The van der Waals surface area contributed by atoms with Crippen LogP contribution in [0.15, 0.2) is 72.8 Å². The fourth-order valence-corrected chi connectivity index (χ4v) is 3.32. The molecule has 0 aromatic heterocycles. The molecule has 5 heteroatoms. The Kier molecular flexibility index (Phi) is 4.26. The molecule has 0 unspecified atom stereocenters. The number of carbonyl (C=O) groups excluding carboxylic acids is 1. The van der Waals surface area contributed by atoms with Gasteiger partial charge in [-0.25, -0.2) is 0 Å². The quantitative estimate of drug-likeness (QED) is 0.324. The largest absolute Gasteiger partial charge is 0.323 e. The molecule has 132 valence electrons. The highest BCUT2D eigenvalue weighted by Crippen LogP contribution is 2.37. The SMILES string of the molecule is O=C(/C=C\c1cccc([N+](=O)[O-])c1)Nc1ccc2c(c1)Cc1ccccc1-2. The van der Waals surface area contributed by atoms with E-state index in [9.17, 15) is 14.9 Å². The van der Waals surface area contributed by atoms with Crippen LogP contribution in [0.2, 0.25) is 0 Å². The first kappa shape index (κ1) is 16.7. The summed E-state index contributed by atoms with van der Waals surface area (Å²) in [5.41, 5.74) is 6.26. The number of nitro benzene ring substituents is 1. The third-order valence-electron chi connectivity index (χ3n) is 4.57. The maximum atomic E-state index is 12.2. The zero-order chi connectivity index (χ0) is 18.8. The number of amides is 1. The average molecular weight is 356 g/mol. The first-order valence-electron chi connectivity index (χ1n) is 8.55. The molecule has 27 heavy (non-hydrogen) atoms. The van der Waals surface area contributed by atoms with Gasteiger partial charge in [0.05, 0.1) is 4.92 Å². The number of hydrogen-bond acceptors (Lipinski definition) is 3. The first-order valence-corrected chi connectivity index (χ1v) is 8.55. The first-order chi connectivity index (χ1) is 13.1. The molecule has 3 aromatic carbocycles. The molecule has 1 aliphatic carbocycles. The molecule has 0 fully saturated rings.